The zero-order chi connectivity index (χ0) is 10.1. The van der Waals surface area contributed by atoms with Gasteiger partial charge in [0.05, 0.1) is 0 Å². The molecule has 0 saturated carbocycles. The van der Waals surface area contributed by atoms with Gasteiger partial charge in [0.15, 0.2) is 0 Å². The third-order valence-corrected chi connectivity index (χ3v) is 2.18. The summed E-state index contributed by atoms with van der Waals surface area (Å²) < 4.78 is 0. The molecule has 13 heavy (non-hydrogen) atoms. The Morgan fingerprint density at radius 1 is 1.31 bits per heavy atom. The highest BCUT2D eigenvalue weighted by atomic mass is 16.1. The van der Waals surface area contributed by atoms with Crippen LogP contribution in [0.3, 0.4) is 0 Å². The highest BCUT2D eigenvalue weighted by Gasteiger charge is 2.06. The molecule has 0 bridgehead atoms. The lowest BCUT2D eigenvalue weighted by molar-refractivity contribution is -0.121. The molecule has 78 valence electrons. The van der Waals surface area contributed by atoms with Gasteiger partial charge in [0.2, 0.25) is 5.91 Å². The minimum absolute atomic E-state index is 0.184. The highest BCUT2D eigenvalue weighted by molar-refractivity contribution is 5.76. The van der Waals surface area contributed by atoms with Gasteiger partial charge < -0.3 is 10.6 Å². The van der Waals surface area contributed by atoms with Crippen molar-refractivity contribution in [3.8, 4) is 0 Å². The fourth-order valence-corrected chi connectivity index (χ4v) is 1.22. The molecule has 0 aromatic heterocycles. The number of carbonyl (C=O) groups excluding carboxylic acids is 1. The quantitative estimate of drug-likeness (QED) is 0.588. The minimum atomic E-state index is 0.184. The predicted octanol–water partition coefficient (Wildman–Crippen LogP) is 1.29. The maximum Gasteiger partial charge on any atom is 0.220 e. The molecule has 1 amide bonds. The van der Waals surface area contributed by atoms with E-state index >= 15 is 0 Å². The molecular weight excluding hydrogens is 164 g/mol. The molecule has 0 rings (SSSR count). The van der Waals surface area contributed by atoms with Gasteiger partial charge in [-0.05, 0) is 32.9 Å². The first-order chi connectivity index (χ1) is 6.24. The molecule has 0 aromatic rings. The molecule has 0 fully saturated rings. The van der Waals surface area contributed by atoms with E-state index in [0.29, 0.717) is 12.5 Å². The van der Waals surface area contributed by atoms with E-state index in [9.17, 15) is 4.79 Å². The molecule has 0 aliphatic rings. The Balaban J connectivity index is 3.48. The Morgan fingerprint density at radius 2 is 1.92 bits per heavy atom. The van der Waals surface area contributed by atoms with Crippen molar-refractivity contribution in [1.29, 1.82) is 0 Å². The van der Waals surface area contributed by atoms with Gasteiger partial charge in [0, 0.05) is 12.5 Å². The topological polar surface area (TPSA) is 41.1 Å². The van der Waals surface area contributed by atoms with E-state index in [1.165, 1.54) is 0 Å². The Labute approximate surface area is 81.3 Å². The van der Waals surface area contributed by atoms with Gasteiger partial charge in [0.25, 0.3) is 0 Å². The van der Waals surface area contributed by atoms with Crippen LogP contribution in [0.4, 0.5) is 0 Å². The van der Waals surface area contributed by atoms with E-state index in [-0.39, 0.29) is 5.91 Å². The highest BCUT2D eigenvalue weighted by Crippen LogP contribution is 1.97. The molecular formula is C10H22N2O. The van der Waals surface area contributed by atoms with Crippen LogP contribution in [0.15, 0.2) is 0 Å². The summed E-state index contributed by atoms with van der Waals surface area (Å²) in [5.41, 5.74) is 0. The van der Waals surface area contributed by atoms with Gasteiger partial charge in [-0.3, -0.25) is 4.79 Å². The summed E-state index contributed by atoms with van der Waals surface area (Å²) in [4.78, 5) is 11.3. The van der Waals surface area contributed by atoms with Crippen molar-refractivity contribution in [1.82, 2.24) is 10.6 Å². The van der Waals surface area contributed by atoms with Crippen molar-refractivity contribution < 1.29 is 4.79 Å². The first-order valence-electron chi connectivity index (χ1n) is 5.18. The average molecular weight is 186 g/mol. The summed E-state index contributed by atoms with van der Waals surface area (Å²) in [5.74, 6) is 0.184. The van der Waals surface area contributed by atoms with Gasteiger partial charge in [-0.15, -0.1) is 0 Å². The molecule has 0 heterocycles. The Kier molecular flexibility index (Phi) is 7.69. The Bertz CT molecular complexity index is 133. The van der Waals surface area contributed by atoms with Crippen LogP contribution in [0, 0.1) is 0 Å². The maximum absolute atomic E-state index is 11.3. The van der Waals surface area contributed by atoms with Crippen molar-refractivity contribution >= 4 is 5.91 Å². The van der Waals surface area contributed by atoms with Crippen molar-refractivity contribution in [3.63, 3.8) is 0 Å². The second-order valence-corrected chi connectivity index (χ2v) is 3.29. The fourth-order valence-electron chi connectivity index (χ4n) is 1.22. The lowest BCUT2D eigenvalue weighted by Crippen LogP contribution is -2.33. The SMILES string of the molecule is CCC(CC)NC(=O)CCCNC. The molecule has 0 aliphatic carbocycles. The molecule has 0 saturated heterocycles. The fraction of sp³-hybridized carbons (Fsp3) is 0.900. The van der Waals surface area contributed by atoms with E-state index in [4.69, 9.17) is 0 Å². The Hall–Kier alpha value is -0.570. The molecule has 0 aromatic carbocycles. The van der Waals surface area contributed by atoms with Gasteiger partial charge in [0.1, 0.15) is 0 Å². The van der Waals surface area contributed by atoms with Gasteiger partial charge >= 0.3 is 0 Å². The summed E-state index contributed by atoms with van der Waals surface area (Å²) in [5, 5.41) is 6.03. The summed E-state index contributed by atoms with van der Waals surface area (Å²) in [6, 6.07) is 0.363. The number of carbonyl (C=O) groups is 1. The maximum atomic E-state index is 11.3. The van der Waals surface area contributed by atoms with Crippen molar-refractivity contribution in [3.05, 3.63) is 0 Å². The second kappa shape index (κ2) is 8.05. The number of hydrogen-bond acceptors (Lipinski definition) is 2. The third kappa shape index (κ3) is 6.58. The van der Waals surface area contributed by atoms with E-state index in [1.54, 1.807) is 0 Å². The normalized spacial score (nSPS) is 10.5. The lowest BCUT2D eigenvalue weighted by Gasteiger charge is -2.14. The van der Waals surface area contributed by atoms with Crippen LogP contribution in [0.25, 0.3) is 0 Å². The molecule has 0 aliphatic heterocycles. The summed E-state index contributed by atoms with van der Waals surface area (Å²) in [7, 11) is 1.90. The van der Waals surface area contributed by atoms with Crippen LogP contribution in [0.2, 0.25) is 0 Å². The first-order valence-corrected chi connectivity index (χ1v) is 5.18. The molecule has 3 heteroatoms. The largest absolute Gasteiger partial charge is 0.353 e. The summed E-state index contributed by atoms with van der Waals surface area (Å²) in [6.07, 6.45) is 3.60. The summed E-state index contributed by atoms with van der Waals surface area (Å²) >= 11 is 0. The standard InChI is InChI=1S/C10H22N2O/c1-4-9(5-2)12-10(13)7-6-8-11-3/h9,11H,4-8H2,1-3H3,(H,12,13). The monoisotopic (exact) mass is 186 g/mol. The number of amides is 1. The molecule has 0 unspecified atom stereocenters. The second-order valence-electron chi connectivity index (χ2n) is 3.29. The van der Waals surface area contributed by atoms with Crippen LogP contribution < -0.4 is 10.6 Å². The molecule has 0 radical (unpaired) electrons. The zero-order valence-electron chi connectivity index (χ0n) is 9.02. The first kappa shape index (κ1) is 12.4. The van der Waals surface area contributed by atoms with Gasteiger partial charge in [-0.2, -0.15) is 0 Å². The van der Waals surface area contributed by atoms with Crippen molar-refractivity contribution in [2.75, 3.05) is 13.6 Å². The van der Waals surface area contributed by atoms with Gasteiger partial charge in [-0.25, -0.2) is 0 Å². The van der Waals surface area contributed by atoms with Crippen molar-refractivity contribution in [2.24, 2.45) is 0 Å². The van der Waals surface area contributed by atoms with E-state index in [2.05, 4.69) is 24.5 Å². The number of rotatable bonds is 7. The molecule has 2 N–H and O–H groups in total. The number of nitrogens with one attached hydrogen (secondary N) is 2. The van der Waals surface area contributed by atoms with Crippen molar-refractivity contribution in [2.45, 2.75) is 45.6 Å². The van der Waals surface area contributed by atoms with Crippen LogP contribution in [0.1, 0.15) is 39.5 Å². The summed E-state index contributed by atoms with van der Waals surface area (Å²) in [6.45, 7) is 5.11. The van der Waals surface area contributed by atoms with Crippen LogP contribution in [0.5, 0.6) is 0 Å². The Morgan fingerprint density at radius 3 is 2.38 bits per heavy atom. The number of hydrogen-bond donors (Lipinski definition) is 2. The predicted molar refractivity (Wildman–Crippen MR) is 55.7 cm³/mol. The minimum Gasteiger partial charge on any atom is -0.353 e. The van der Waals surface area contributed by atoms with E-state index in [1.807, 2.05) is 7.05 Å². The average Bonchev–Trinajstić information content (AvgIpc) is 2.14. The van der Waals surface area contributed by atoms with Crippen LogP contribution in [-0.2, 0) is 4.79 Å². The smallest absolute Gasteiger partial charge is 0.220 e. The van der Waals surface area contributed by atoms with E-state index < -0.39 is 0 Å². The molecule has 3 nitrogen and oxygen atoms in total. The van der Waals surface area contributed by atoms with Gasteiger partial charge in [-0.1, -0.05) is 13.8 Å². The zero-order valence-corrected chi connectivity index (χ0v) is 9.02. The molecule has 0 spiro atoms. The van der Waals surface area contributed by atoms with E-state index in [0.717, 1.165) is 25.8 Å². The third-order valence-electron chi connectivity index (χ3n) is 2.18. The molecule has 0 atom stereocenters. The lowest BCUT2D eigenvalue weighted by atomic mass is 10.1. The van der Waals surface area contributed by atoms with Crippen LogP contribution in [-0.4, -0.2) is 25.5 Å². The van der Waals surface area contributed by atoms with Crippen LogP contribution >= 0.6 is 0 Å².